The van der Waals surface area contributed by atoms with Crippen LogP contribution in [0.4, 0.5) is 0 Å². The number of rotatable bonds is 3. The van der Waals surface area contributed by atoms with Crippen molar-refractivity contribution in [2.24, 2.45) is 0 Å². The van der Waals surface area contributed by atoms with E-state index in [1.807, 2.05) is 19.1 Å². The highest BCUT2D eigenvalue weighted by atomic mass is 16.3. The third kappa shape index (κ3) is 2.99. The van der Waals surface area contributed by atoms with E-state index in [1.54, 1.807) is 13.1 Å². The number of benzene rings is 1. The summed E-state index contributed by atoms with van der Waals surface area (Å²) in [5.74, 6) is 1.23. The van der Waals surface area contributed by atoms with Gasteiger partial charge in [0, 0.05) is 23.0 Å². The summed E-state index contributed by atoms with van der Waals surface area (Å²) in [5, 5.41) is 9.58. The Morgan fingerprint density at radius 1 is 1.05 bits per heavy atom. The van der Waals surface area contributed by atoms with Gasteiger partial charge in [-0.25, -0.2) is 9.97 Å². The van der Waals surface area contributed by atoms with Crippen molar-refractivity contribution in [2.45, 2.75) is 39.7 Å². The molecule has 1 aromatic carbocycles. The van der Waals surface area contributed by atoms with Crippen molar-refractivity contribution < 1.29 is 5.11 Å². The summed E-state index contributed by atoms with van der Waals surface area (Å²) < 4.78 is 0. The van der Waals surface area contributed by atoms with Crippen molar-refractivity contribution in [1.82, 2.24) is 9.97 Å². The van der Waals surface area contributed by atoms with Crippen LogP contribution in [0.5, 0.6) is 0 Å². The molecule has 2 rings (SSSR count). The molecule has 1 heterocycles. The summed E-state index contributed by atoms with van der Waals surface area (Å²) in [6.45, 7) is 7.97. The second kappa shape index (κ2) is 5.49. The van der Waals surface area contributed by atoms with E-state index in [0.29, 0.717) is 11.7 Å². The molecule has 0 aliphatic rings. The number of hydrogen-bond donors (Lipinski definition) is 1. The molecule has 19 heavy (non-hydrogen) atoms. The zero-order valence-electron chi connectivity index (χ0n) is 11.9. The van der Waals surface area contributed by atoms with Crippen molar-refractivity contribution in [2.75, 3.05) is 0 Å². The highest BCUT2D eigenvalue weighted by Gasteiger charge is 2.09. The zero-order chi connectivity index (χ0) is 14.0. The molecule has 1 aromatic heterocycles. The second-order valence-electron chi connectivity index (χ2n) is 5.19. The lowest BCUT2D eigenvalue weighted by Gasteiger charge is -2.10. The summed E-state index contributed by atoms with van der Waals surface area (Å²) in [7, 11) is 0. The van der Waals surface area contributed by atoms with Gasteiger partial charge in [-0.15, -0.1) is 0 Å². The summed E-state index contributed by atoms with van der Waals surface area (Å²) in [5.41, 5.74) is 3.92. The van der Waals surface area contributed by atoms with Crippen molar-refractivity contribution in [3.8, 4) is 11.4 Å². The Hall–Kier alpha value is -1.74. The Labute approximate surface area is 114 Å². The lowest BCUT2D eigenvalue weighted by atomic mass is 10.0. The van der Waals surface area contributed by atoms with Gasteiger partial charge >= 0.3 is 0 Å². The zero-order valence-corrected chi connectivity index (χ0v) is 11.9. The fourth-order valence-electron chi connectivity index (χ4n) is 2.04. The maximum Gasteiger partial charge on any atom is 0.159 e. The molecule has 0 aliphatic heterocycles. The van der Waals surface area contributed by atoms with Crippen LogP contribution in [0.1, 0.15) is 49.6 Å². The summed E-state index contributed by atoms with van der Waals surface area (Å²) >= 11 is 0. The molecule has 0 aliphatic carbocycles. The minimum Gasteiger partial charge on any atom is -0.389 e. The van der Waals surface area contributed by atoms with Gasteiger partial charge in [0.15, 0.2) is 5.82 Å². The van der Waals surface area contributed by atoms with Crippen molar-refractivity contribution >= 4 is 0 Å². The molecule has 100 valence electrons. The standard InChI is InChI=1S/C16H20N2O/c1-10(2)13-5-7-14(8-6-13)16-17-9-15(12(4)19)11(3)18-16/h5-10,12,19H,1-4H3/t12-/m0/s1. The minimum atomic E-state index is -0.530. The van der Waals surface area contributed by atoms with Crippen LogP contribution < -0.4 is 0 Å². The Bertz CT molecular complexity index is 559. The van der Waals surface area contributed by atoms with Gasteiger partial charge in [0.2, 0.25) is 0 Å². The third-order valence-corrected chi connectivity index (χ3v) is 3.30. The predicted molar refractivity (Wildman–Crippen MR) is 76.9 cm³/mol. The number of aliphatic hydroxyl groups excluding tert-OH is 1. The maximum atomic E-state index is 9.58. The molecule has 0 spiro atoms. The Balaban J connectivity index is 2.34. The molecule has 0 bridgehead atoms. The maximum absolute atomic E-state index is 9.58. The van der Waals surface area contributed by atoms with E-state index in [4.69, 9.17) is 0 Å². The molecule has 0 unspecified atom stereocenters. The van der Waals surface area contributed by atoms with Crippen LogP contribution in [0.25, 0.3) is 11.4 Å². The molecule has 1 N–H and O–H groups in total. The molecule has 0 amide bonds. The van der Waals surface area contributed by atoms with E-state index in [1.165, 1.54) is 5.56 Å². The molecular formula is C16H20N2O. The van der Waals surface area contributed by atoms with E-state index >= 15 is 0 Å². The van der Waals surface area contributed by atoms with Gasteiger partial charge in [-0.1, -0.05) is 38.1 Å². The van der Waals surface area contributed by atoms with Gasteiger partial charge in [0.25, 0.3) is 0 Å². The number of hydrogen-bond acceptors (Lipinski definition) is 3. The summed E-state index contributed by atoms with van der Waals surface area (Å²) in [4.78, 5) is 8.80. The molecule has 2 aromatic rings. The van der Waals surface area contributed by atoms with E-state index in [2.05, 4.69) is 35.9 Å². The first-order valence-corrected chi connectivity index (χ1v) is 6.61. The van der Waals surface area contributed by atoms with Gasteiger partial charge in [0.05, 0.1) is 6.10 Å². The Kier molecular flexibility index (Phi) is 3.96. The fourth-order valence-corrected chi connectivity index (χ4v) is 2.04. The van der Waals surface area contributed by atoms with Gasteiger partial charge in [-0.05, 0) is 25.3 Å². The minimum absolute atomic E-state index is 0.523. The van der Waals surface area contributed by atoms with E-state index in [0.717, 1.165) is 16.8 Å². The lowest BCUT2D eigenvalue weighted by Crippen LogP contribution is -2.01. The number of aromatic nitrogens is 2. The van der Waals surface area contributed by atoms with E-state index < -0.39 is 6.10 Å². The van der Waals surface area contributed by atoms with Crippen molar-refractivity contribution in [3.05, 3.63) is 47.3 Å². The topological polar surface area (TPSA) is 46.0 Å². The van der Waals surface area contributed by atoms with Crippen LogP contribution >= 0.6 is 0 Å². The number of aryl methyl sites for hydroxylation is 1. The first kappa shape index (κ1) is 13.7. The van der Waals surface area contributed by atoms with Gasteiger partial charge in [-0.3, -0.25) is 0 Å². The summed E-state index contributed by atoms with van der Waals surface area (Å²) in [6.07, 6.45) is 1.18. The van der Waals surface area contributed by atoms with Gasteiger partial charge in [-0.2, -0.15) is 0 Å². The smallest absolute Gasteiger partial charge is 0.159 e. The normalized spacial score (nSPS) is 12.7. The first-order chi connectivity index (χ1) is 8.99. The molecular weight excluding hydrogens is 236 g/mol. The number of nitrogens with zero attached hydrogens (tertiary/aromatic N) is 2. The largest absolute Gasteiger partial charge is 0.389 e. The predicted octanol–water partition coefficient (Wildman–Crippen LogP) is 3.63. The highest BCUT2D eigenvalue weighted by molar-refractivity contribution is 5.55. The van der Waals surface area contributed by atoms with Crippen molar-refractivity contribution in [1.29, 1.82) is 0 Å². The van der Waals surface area contributed by atoms with Crippen LogP contribution in [0.3, 0.4) is 0 Å². The Morgan fingerprint density at radius 3 is 2.16 bits per heavy atom. The van der Waals surface area contributed by atoms with E-state index in [9.17, 15) is 5.11 Å². The fraction of sp³-hybridized carbons (Fsp3) is 0.375. The van der Waals surface area contributed by atoms with Crippen LogP contribution in [-0.2, 0) is 0 Å². The van der Waals surface area contributed by atoms with Crippen LogP contribution in [0.15, 0.2) is 30.5 Å². The van der Waals surface area contributed by atoms with Crippen LogP contribution in [0.2, 0.25) is 0 Å². The first-order valence-electron chi connectivity index (χ1n) is 6.61. The average Bonchev–Trinajstić information content (AvgIpc) is 2.38. The molecule has 0 radical (unpaired) electrons. The molecule has 1 atom stereocenters. The third-order valence-electron chi connectivity index (χ3n) is 3.30. The SMILES string of the molecule is Cc1nc(-c2ccc(C(C)C)cc2)ncc1[C@H](C)O. The number of aliphatic hydroxyl groups is 1. The second-order valence-corrected chi connectivity index (χ2v) is 5.19. The summed E-state index contributed by atoms with van der Waals surface area (Å²) in [6, 6.07) is 8.32. The monoisotopic (exact) mass is 256 g/mol. The average molecular weight is 256 g/mol. The van der Waals surface area contributed by atoms with Crippen LogP contribution in [0, 0.1) is 6.92 Å². The lowest BCUT2D eigenvalue weighted by molar-refractivity contribution is 0.197. The molecule has 0 saturated carbocycles. The molecule has 3 heteroatoms. The van der Waals surface area contributed by atoms with Crippen molar-refractivity contribution in [3.63, 3.8) is 0 Å². The van der Waals surface area contributed by atoms with Gasteiger partial charge < -0.3 is 5.11 Å². The Morgan fingerprint density at radius 2 is 1.68 bits per heavy atom. The van der Waals surface area contributed by atoms with Crippen LogP contribution in [-0.4, -0.2) is 15.1 Å². The molecule has 0 fully saturated rings. The molecule has 0 saturated heterocycles. The van der Waals surface area contributed by atoms with Gasteiger partial charge in [0.1, 0.15) is 0 Å². The quantitative estimate of drug-likeness (QED) is 0.912. The highest BCUT2D eigenvalue weighted by Crippen LogP contribution is 2.22. The molecule has 3 nitrogen and oxygen atoms in total. The van der Waals surface area contributed by atoms with E-state index in [-0.39, 0.29) is 0 Å².